The zero-order chi connectivity index (χ0) is 18.4. The molecule has 0 aliphatic heterocycles. The first-order valence-corrected chi connectivity index (χ1v) is 7.82. The Hall–Kier alpha value is -2.64. The Morgan fingerprint density at radius 3 is 2.56 bits per heavy atom. The van der Waals surface area contributed by atoms with Gasteiger partial charge in [-0.25, -0.2) is 0 Å². The van der Waals surface area contributed by atoms with Crippen molar-refractivity contribution in [3.8, 4) is 5.75 Å². The second kappa shape index (κ2) is 8.46. The van der Waals surface area contributed by atoms with E-state index in [-0.39, 0.29) is 23.9 Å². The number of hydrogen-bond donors (Lipinski definition) is 1. The molecule has 1 amide bonds. The third kappa shape index (κ3) is 5.44. The van der Waals surface area contributed by atoms with Crippen molar-refractivity contribution in [1.29, 1.82) is 0 Å². The second-order valence-electron chi connectivity index (χ2n) is 5.49. The summed E-state index contributed by atoms with van der Waals surface area (Å²) in [6, 6.07) is 11.4. The molecule has 0 heterocycles. The molecule has 25 heavy (non-hydrogen) atoms. The van der Waals surface area contributed by atoms with E-state index in [0.29, 0.717) is 17.3 Å². The lowest BCUT2D eigenvalue weighted by Gasteiger charge is -2.17. The molecule has 0 aromatic heterocycles. The number of ether oxygens (including phenoxy) is 1. The van der Waals surface area contributed by atoms with Crippen LogP contribution in [0.3, 0.4) is 0 Å². The number of anilines is 1. The number of benzene rings is 2. The van der Waals surface area contributed by atoms with Gasteiger partial charge in [-0.15, -0.1) is 0 Å². The standard InChI is InChI=1S/C17H18ClN3O4/c1-20(10-12-3-5-13(18)6-4-12)11-17(22)19-15-8-7-14(21(23)24)9-16(15)25-2/h3-9H,10-11H2,1-2H3,(H,19,22). The summed E-state index contributed by atoms with van der Waals surface area (Å²) in [5, 5.41) is 14.2. The molecule has 7 nitrogen and oxygen atoms in total. The van der Waals surface area contributed by atoms with E-state index in [0.717, 1.165) is 5.56 Å². The minimum Gasteiger partial charge on any atom is -0.494 e. The van der Waals surface area contributed by atoms with Crippen LogP contribution in [0.1, 0.15) is 5.56 Å². The molecule has 1 N–H and O–H groups in total. The first-order chi connectivity index (χ1) is 11.9. The van der Waals surface area contributed by atoms with Gasteiger partial charge in [0, 0.05) is 17.6 Å². The van der Waals surface area contributed by atoms with Crippen molar-refractivity contribution >= 4 is 28.9 Å². The molecule has 0 atom stereocenters. The summed E-state index contributed by atoms with van der Waals surface area (Å²) in [6.07, 6.45) is 0. The van der Waals surface area contributed by atoms with Crippen molar-refractivity contribution in [3.05, 3.63) is 63.2 Å². The van der Waals surface area contributed by atoms with Crippen LogP contribution >= 0.6 is 11.6 Å². The molecule has 2 rings (SSSR count). The quantitative estimate of drug-likeness (QED) is 0.602. The molecule has 0 spiro atoms. The van der Waals surface area contributed by atoms with Gasteiger partial charge in [0.25, 0.3) is 5.69 Å². The van der Waals surface area contributed by atoms with Crippen molar-refractivity contribution in [1.82, 2.24) is 4.90 Å². The normalized spacial score (nSPS) is 10.6. The number of nitro benzene ring substituents is 1. The maximum absolute atomic E-state index is 12.2. The molecule has 0 aliphatic carbocycles. The number of nitrogens with one attached hydrogen (secondary N) is 1. The van der Waals surface area contributed by atoms with Gasteiger partial charge in [-0.2, -0.15) is 0 Å². The van der Waals surface area contributed by atoms with Crippen LogP contribution in [-0.2, 0) is 11.3 Å². The van der Waals surface area contributed by atoms with Gasteiger partial charge in [0.1, 0.15) is 5.75 Å². The number of carbonyl (C=O) groups is 1. The van der Waals surface area contributed by atoms with Crippen molar-refractivity contribution in [2.75, 3.05) is 26.0 Å². The van der Waals surface area contributed by atoms with E-state index >= 15 is 0 Å². The lowest BCUT2D eigenvalue weighted by atomic mass is 10.2. The predicted octanol–water partition coefficient (Wildman–Crippen LogP) is 3.33. The summed E-state index contributed by atoms with van der Waals surface area (Å²) in [6.45, 7) is 0.741. The minimum absolute atomic E-state index is 0.102. The minimum atomic E-state index is -0.520. The van der Waals surface area contributed by atoms with Gasteiger partial charge < -0.3 is 10.1 Å². The number of likely N-dealkylation sites (N-methyl/N-ethyl adjacent to an activating group) is 1. The molecular formula is C17H18ClN3O4. The Kier molecular flexibility index (Phi) is 6.32. The van der Waals surface area contributed by atoms with Crippen LogP contribution in [0, 0.1) is 10.1 Å². The highest BCUT2D eigenvalue weighted by molar-refractivity contribution is 6.30. The van der Waals surface area contributed by atoms with E-state index in [4.69, 9.17) is 16.3 Å². The molecule has 0 aliphatic rings. The van der Waals surface area contributed by atoms with E-state index in [1.54, 1.807) is 12.1 Å². The molecule has 132 valence electrons. The van der Waals surface area contributed by atoms with Crippen LogP contribution in [0.5, 0.6) is 5.75 Å². The average molecular weight is 364 g/mol. The van der Waals surface area contributed by atoms with Crippen molar-refractivity contribution in [2.24, 2.45) is 0 Å². The summed E-state index contributed by atoms with van der Waals surface area (Å²) in [5.74, 6) is -0.00785. The van der Waals surface area contributed by atoms with Crippen molar-refractivity contribution < 1.29 is 14.5 Å². The van der Waals surface area contributed by atoms with Crippen LogP contribution in [0.2, 0.25) is 5.02 Å². The highest BCUT2D eigenvalue weighted by atomic mass is 35.5. The molecule has 0 bridgehead atoms. The van der Waals surface area contributed by atoms with E-state index in [9.17, 15) is 14.9 Å². The molecular weight excluding hydrogens is 346 g/mol. The van der Waals surface area contributed by atoms with Crippen LogP contribution in [0.15, 0.2) is 42.5 Å². The zero-order valence-corrected chi connectivity index (χ0v) is 14.6. The van der Waals surface area contributed by atoms with Crippen LogP contribution in [0.4, 0.5) is 11.4 Å². The molecule has 2 aromatic carbocycles. The smallest absolute Gasteiger partial charge is 0.273 e. The van der Waals surface area contributed by atoms with Crippen LogP contribution in [0.25, 0.3) is 0 Å². The number of non-ortho nitro benzene ring substituents is 1. The van der Waals surface area contributed by atoms with E-state index in [1.165, 1.54) is 25.3 Å². The maximum atomic E-state index is 12.2. The molecule has 0 unspecified atom stereocenters. The number of amides is 1. The largest absolute Gasteiger partial charge is 0.494 e. The Balaban J connectivity index is 1.97. The van der Waals surface area contributed by atoms with Crippen LogP contribution in [-0.4, -0.2) is 36.4 Å². The number of nitro groups is 1. The molecule has 0 fully saturated rings. The molecule has 0 radical (unpaired) electrons. The van der Waals surface area contributed by atoms with Gasteiger partial charge in [-0.05, 0) is 30.8 Å². The molecule has 8 heteroatoms. The molecule has 2 aromatic rings. The third-order valence-corrected chi connectivity index (χ3v) is 3.70. The lowest BCUT2D eigenvalue weighted by Crippen LogP contribution is -2.29. The molecule has 0 saturated carbocycles. The molecule has 0 saturated heterocycles. The monoisotopic (exact) mass is 363 g/mol. The fraction of sp³-hybridized carbons (Fsp3) is 0.235. The number of methoxy groups -OCH3 is 1. The van der Waals surface area contributed by atoms with Gasteiger partial charge in [0.2, 0.25) is 5.91 Å². The van der Waals surface area contributed by atoms with E-state index in [1.807, 2.05) is 24.1 Å². The predicted molar refractivity (Wildman–Crippen MR) is 96.1 cm³/mol. The highest BCUT2D eigenvalue weighted by Gasteiger charge is 2.14. The Bertz CT molecular complexity index is 765. The highest BCUT2D eigenvalue weighted by Crippen LogP contribution is 2.28. The maximum Gasteiger partial charge on any atom is 0.273 e. The topological polar surface area (TPSA) is 84.7 Å². The number of nitrogens with zero attached hydrogens (tertiary/aromatic N) is 2. The first kappa shape index (κ1) is 18.7. The number of halogens is 1. The van der Waals surface area contributed by atoms with Crippen molar-refractivity contribution in [3.63, 3.8) is 0 Å². The summed E-state index contributed by atoms with van der Waals surface area (Å²) in [5.41, 5.74) is 1.32. The summed E-state index contributed by atoms with van der Waals surface area (Å²) < 4.78 is 5.10. The second-order valence-corrected chi connectivity index (χ2v) is 5.93. The van der Waals surface area contributed by atoms with Gasteiger partial charge in [-0.1, -0.05) is 23.7 Å². The van der Waals surface area contributed by atoms with Crippen LogP contribution < -0.4 is 10.1 Å². The SMILES string of the molecule is COc1cc([N+](=O)[O-])ccc1NC(=O)CN(C)Cc1ccc(Cl)cc1. The number of rotatable bonds is 7. The van der Waals surface area contributed by atoms with Gasteiger partial charge in [0.15, 0.2) is 0 Å². The Morgan fingerprint density at radius 1 is 1.28 bits per heavy atom. The summed E-state index contributed by atoms with van der Waals surface area (Å²) >= 11 is 5.85. The van der Waals surface area contributed by atoms with E-state index in [2.05, 4.69) is 5.32 Å². The third-order valence-electron chi connectivity index (χ3n) is 3.45. The van der Waals surface area contributed by atoms with Gasteiger partial charge in [0.05, 0.1) is 30.3 Å². The lowest BCUT2D eigenvalue weighted by molar-refractivity contribution is -0.384. The van der Waals surface area contributed by atoms with Gasteiger partial charge in [-0.3, -0.25) is 19.8 Å². The average Bonchev–Trinajstić information content (AvgIpc) is 2.56. The van der Waals surface area contributed by atoms with E-state index < -0.39 is 4.92 Å². The number of carbonyl (C=O) groups excluding carboxylic acids is 1. The Morgan fingerprint density at radius 2 is 1.96 bits per heavy atom. The summed E-state index contributed by atoms with van der Waals surface area (Å²) in [4.78, 5) is 24.3. The first-order valence-electron chi connectivity index (χ1n) is 7.44. The Labute approximate surface area is 150 Å². The van der Waals surface area contributed by atoms with Crippen molar-refractivity contribution in [2.45, 2.75) is 6.54 Å². The number of hydrogen-bond acceptors (Lipinski definition) is 5. The summed E-state index contributed by atoms with van der Waals surface area (Å²) in [7, 11) is 3.21. The fourth-order valence-corrected chi connectivity index (χ4v) is 2.41. The zero-order valence-electron chi connectivity index (χ0n) is 13.9. The fourth-order valence-electron chi connectivity index (χ4n) is 2.29. The van der Waals surface area contributed by atoms with Gasteiger partial charge >= 0.3 is 0 Å².